The molecule has 0 radical (unpaired) electrons. The predicted octanol–water partition coefficient (Wildman–Crippen LogP) is 2.92. The van der Waals surface area contributed by atoms with Gasteiger partial charge in [-0.3, -0.25) is 14.3 Å². The lowest BCUT2D eigenvalue weighted by Gasteiger charge is -2.35. The molecule has 2 aliphatic heterocycles. The number of fused-ring (bicyclic) bond motifs is 1. The fourth-order valence-corrected chi connectivity index (χ4v) is 4.25. The Labute approximate surface area is 149 Å². The molecule has 1 saturated heterocycles. The molecule has 0 N–H and O–H groups in total. The maximum Gasteiger partial charge on any atom is 0.0854 e. The molecule has 1 unspecified atom stereocenters. The molecule has 2 aromatic rings. The summed E-state index contributed by atoms with van der Waals surface area (Å²) in [5.41, 5.74) is 5.32. The lowest BCUT2D eigenvalue weighted by molar-refractivity contribution is 0.102. The van der Waals surface area contributed by atoms with Crippen LogP contribution < -0.4 is 0 Å². The number of rotatable bonds is 5. The van der Waals surface area contributed by atoms with Crippen LogP contribution >= 0.6 is 0 Å². The Morgan fingerprint density at radius 3 is 2.96 bits per heavy atom. The van der Waals surface area contributed by atoms with Gasteiger partial charge in [-0.05, 0) is 33.2 Å². The highest BCUT2D eigenvalue weighted by Crippen LogP contribution is 2.35. The molecular formula is C19H29N5O. The van der Waals surface area contributed by atoms with Crippen LogP contribution in [0.3, 0.4) is 0 Å². The molecule has 6 nitrogen and oxygen atoms in total. The Kier molecular flexibility index (Phi) is 4.90. The van der Waals surface area contributed by atoms with Crippen molar-refractivity contribution in [3.63, 3.8) is 0 Å². The third-order valence-electron chi connectivity index (χ3n) is 5.55. The molecule has 0 aliphatic carbocycles. The van der Waals surface area contributed by atoms with E-state index < -0.39 is 0 Å². The maximum absolute atomic E-state index is 5.77. The number of ether oxygens (including phenoxy) is 1. The summed E-state index contributed by atoms with van der Waals surface area (Å²) in [6.07, 6.45) is 8.92. The summed E-state index contributed by atoms with van der Waals surface area (Å²) in [5, 5.41) is 9.46. The van der Waals surface area contributed by atoms with E-state index in [9.17, 15) is 0 Å². The van der Waals surface area contributed by atoms with Crippen molar-refractivity contribution in [3.8, 4) is 0 Å². The molecule has 0 spiro atoms. The van der Waals surface area contributed by atoms with Crippen LogP contribution in [0.1, 0.15) is 61.7 Å². The second kappa shape index (κ2) is 7.30. The third kappa shape index (κ3) is 3.25. The minimum atomic E-state index is 0.405. The molecule has 6 heteroatoms. The van der Waals surface area contributed by atoms with Gasteiger partial charge in [-0.25, -0.2) is 0 Å². The normalized spacial score (nSPS) is 21.4. The Hall–Kier alpha value is -1.66. The van der Waals surface area contributed by atoms with Gasteiger partial charge in [0.2, 0.25) is 0 Å². The third-order valence-corrected chi connectivity index (χ3v) is 5.55. The first-order valence-corrected chi connectivity index (χ1v) is 9.71. The van der Waals surface area contributed by atoms with E-state index in [-0.39, 0.29) is 0 Å². The van der Waals surface area contributed by atoms with Crippen molar-refractivity contribution in [2.45, 2.75) is 71.8 Å². The van der Waals surface area contributed by atoms with Crippen molar-refractivity contribution < 1.29 is 4.74 Å². The van der Waals surface area contributed by atoms with E-state index in [0.29, 0.717) is 6.04 Å². The van der Waals surface area contributed by atoms with Crippen molar-refractivity contribution >= 4 is 0 Å². The standard InChI is InChI=1S/C19H29N5O/c1-3-23-13-15(11-20-23)12-22-9-6-5-7-18(22)19-16-14-25-10-8-17(16)24(4-2)21-19/h11,13,18H,3-10,12,14H2,1-2H3. The number of hydrogen-bond acceptors (Lipinski definition) is 4. The van der Waals surface area contributed by atoms with Crippen molar-refractivity contribution in [2.24, 2.45) is 0 Å². The van der Waals surface area contributed by atoms with Crippen LogP contribution in [0.5, 0.6) is 0 Å². The minimum absolute atomic E-state index is 0.405. The molecule has 0 bridgehead atoms. The van der Waals surface area contributed by atoms with E-state index in [1.807, 2.05) is 10.9 Å². The zero-order valence-electron chi connectivity index (χ0n) is 15.4. The van der Waals surface area contributed by atoms with Crippen LogP contribution in [0, 0.1) is 0 Å². The van der Waals surface area contributed by atoms with Gasteiger partial charge in [-0.1, -0.05) is 6.42 Å². The van der Waals surface area contributed by atoms with Gasteiger partial charge in [0.15, 0.2) is 0 Å². The molecule has 2 aromatic heterocycles. The van der Waals surface area contributed by atoms with E-state index in [2.05, 4.69) is 34.7 Å². The molecule has 4 heterocycles. The van der Waals surface area contributed by atoms with Crippen molar-refractivity contribution in [1.29, 1.82) is 0 Å². The number of nitrogens with zero attached hydrogens (tertiary/aromatic N) is 5. The van der Waals surface area contributed by atoms with Crippen LogP contribution in [0.4, 0.5) is 0 Å². The van der Waals surface area contributed by atoms with Gasteiger partial charge in [0.1, 0.15) is 0 Å². The smallest absolute Gasteiger partial charge is 0.0854 e. The Morgan fingerprint density at radius 2 is 2.16 bits per heavy atom. The van der Waals surface area contributed by atoms with Gasteiger partial charge in [0, 0.05) is 49.1 Å². The molecule has 25 heavy (non-hydrogen) atoms. The van der Waals surface area contributed by atoms with Crippen LogP contribution in [0.2, 0.25) is 0 Å². The van der Waals surface area contributed by atoms with E-state index in [1.165, 1.54) is 41.8 Å². The fourth-order valence-electron chi connectivity index (χ4n) is 4.25. The summed E-state index contributed by atoms with van der Waals surface area (Å²) in [5.74, 6) is 0. The van der Waals surface area contributed by atoms with E-state index >= 15 is 0 Å². The maximum atomic E-state index is 5.77. The van der Waals surface area contributed by atoms with E-state index in [4.69, 9.17) is 9.84 Å². The van der Waals surface area contributed by atoms with Crippen molar-refractivity contribution in [1.82, 2.24) is 24.5 Å². The molecule has 0 saturated carbocycles. The SMILES string of the molecule is CCn1cc(CN2CCCCC2c2nn(CC)c3c2COCC3)cn1. The minimum Gasteiger partial charge on any atom is -0.376 e. The Balaban J connectivity index is 1.61. The lowest BCUT2D eigenvalue weighted by atomic mass is 9.95. The first kappa shape index (κ1) is 16.8. The Morgan fingerprint density at radius 1 is 1.24 bits per heavy atom. The van der Waals surface area contributed by atoms with Crippen LogP contribution in [0.15, 0.2) is 12.4 Å². The van der Waals surface area contributed by atoms with E-state index in [0.717, 1.165) is 45.8 Å². The van der Waals surface area contributed by atoms with Gasteiger partial charge in [0.05, 0.1) is 31.1 Å². The predicted molar refractivity (Wildman–Crippen MR) is 96.2 cm³/mol. The molecular weight excluding hydrogens is 314 g/mol. The monoisotopic (exact) mass is 343 g/mol. The van der Waals surface area contributed by atoms with Crippen molar-refractivity contribution in [3.05, 3.63) is 34.9 Å². The topological polar surface area (TPSA) is 48.1 Å². The number of aromatic nitrogens is 4. The van der Waals surface area contributed by atoms with Gasteiger partial charge >= 0.3 is 0 Å². The zero-order valence-corrected chi connectivity index (χ0v) is 15.4. The lowest BCUT2D eigenvalue weighted by Crippen LogP contribution is -2.33. The van der Waals surface area contributed by atoms with Crippen LogP contribution in [-0.2, 0) is 37.4 Å². The second-order valence-electron chi connectivity index (χ2n) is 7.12. The highest BCUT2D eigenvalue weighted by atomic mass is 16.5. The van der Waals surface area contributed by atoms with Gasteiger partial charge in [0.25, 0.3) is 0 Å². The molecule has 136 valence electrons. The summed E-state index contributed by atoms with van der Waals surface area (Å²) in [7, 11) is 0. The fraction of sp³-hybridized carbons (Fsp3) is 0.684. The van der Waals surface area contributed by atoms with Crippen LogP contribution in [-0.4, -0.2) is 37.6 Å². The molecule has 0 amide bonds. The second-order valence-corrected chi connectivity index (χ2v) is 7.12. The number of hydrogen-bond donors (Lipinski definition) is 0. The molecule has 4 rings (SSSR count). The molecule has 1 atom stereocenters. The number of piperidine rings is 1. The molecule has 0 aromatic carbocycles. The first-order chi connectivity index (χ1) is 12.3. The quantitative estimate of drug-likeness (QED) is 0.837. The van der Waals surface area contributed by atoms with Gasteiger partial charge < -0.3 is 4.74 Å². The Bertz CT molecular complexity index is 719. The highest BCUT2D eigenvalue weighted by molar-refractivity contribution is 5.30. The van der Waals surface area contributed by atoms with Crippen LogP contribution in [0.25, 0.3) is 0 Å². The average molecular weight is 343 g/mol. The summed E-state index contributed by atoms with van der Waals surface area (Å²) >= 11 is 0. The largest absolute Gasteiger partial charge is 0.376 e. The molecule has 2 aliphatic rings. The number of likely N-dealkylation sites (tertiary alicyclic amines) is 1. The average Bonchev–Trinajstić information content (AvgIpc) is 3.26. The molecule has 1 fully saturated rings. The van der Waals surface area contributed by atoms with Gasteiger partial charge in [-0.2, -0.15) is 10.2 Å². The summed E-state index contributed by atoms with van der Waals surface area (Å²) in [6, 6.07) is 0.405. The summed E-state index contributed by atoms with van der Waals surface area (Å²) < 4.78 is 9.98. The summed E-state index contributed by atoms with van der Waals surface area (Å²) in [4.78, 5) is 2.59. The zero-order chi connectivity index (χ0) is 17.2. The summed E-state index contributed by atoms with van der Waals surface area (Å²) in [6.45, 7) is 9.82. The van der Waals surface area contributed by atoms with Gasteiger partial charge in [-0.15, -0.1) is 0 Å². The van der Waals surface area contributed by atoms with E-state index in [1.54, 1.807) is 0 Å². The first-order valence-electron chi connectivity index (χ1n) is 9.71. The van der Waals surface area contributed by atoms with Crippen molar-refractivity contribution in [2.75, 3.05) is 13.2 Å². The number of aryl methyl sites for hydroxylation is 2. The highest BCUT2D eigenvalue weighted by Gasteiger charge is 2.31.